The lowest BCUT2D eigenvalue weighted by atomic mass is 10.1. The number of ether oxygens (including phenoxy) is 1. The Bertz CT molecular complexity index is 754. The molecule has 0 aliphatic rings. The van der Waals surface area contributed by atoms with Crippen LogP contribution < -0.4 is 15.4 Å². The van der Waals surface area contributed by atoms with E-state index >= 15 is 0 Å². The average Bonchev–Trinajstić information content (AvgIpc) is 2.64. The van der Waals surface area contributed by atoms with Gasteiger partial charge in [0.1, 0.15) is 5.75 Å². The lowest BCUT2D eigenvalue weighted by molar-refractivity contribution is -0.115. The summed E-state index contributed by atoms with van der Waals surface area (Å²) in [5.41, 5.74) is 3.38. The standard InChI is InChI=1S/C21H26N2O3/c1-4-5-13-26-18-11-9-17(10-12-18)21(25)22-14-20(24)23-19-8-6-7-15(2)16(19)3/h6-12H,4-5,13-14H2,1-3H3,(H,22,25)(H,23,24). The normalized spacial score (nSPS) is 10.3. The number of carbonyl (C=O) groups is 2. The van der Waals surface area contributed by atoms with Gasteiger partial charge in [-0.2, -0.15) is 0 Å². The number of hydrogen-bond acceptors (Lipinski definition) is 3. The van der Waals surface area contributed by atoms with Crippen LogP contribution in [0.2, 0.25) is 0 Å². The van der Waals surface area contributed by atoms with Gasteiger partial charge in [0.2, 0.25) is 5.91 Å². The summed E-state index contributed by atoms with van der Waals surface area (Å²) in [7, 11) is 0. The number of aryl methyl sites for hydroxylation is 1. The van der Waals surface area contributed by atoms with Crippen LogP contribution in [0.25, 0.3) is 0 Å². The zero-order chi connectivity index (χ0) is 18.9. The minimum Gasteiger partial charge on any atom is -0.494 e. The van der Waals surface area contributed by atoms with E-state index < -0.39 is 0 Å². The van der Waals surface area contributed by atoms with Crippen LogP contribution in [-0.4, -0.2) is 25.0 Å². The Balaban J connectivity index is 1.84. The van der Waals surface area contributed by atoms with Gasteiger partial charge < -0.3 is 15.4 Å². The summed E-state index contributed by atoms with van der Waals surface area (Å²) in [6.45, 7) is 6.63. The molecular weight excluding hydrogens is 328 g/mol. The predicted octanol–water partition coefficient (Wildman–Crippen LogP) is 3.85. The highest BCUT2D eigenvalue weighted by Gasteiger charge is 2.10. The number of amides is 2. The van der Waals surface area contributed by atoms with Crippen molar-refractivity contribution in [1.82, 2.24) is 5.32 Å². The Morgan fingerprint density at radius 1 is 1.04 bits per heavy atom. The van der Waals surface area contributed by atoms with Gasteiger partial charge in [-0.05, 0) is 61.7 Å². The van der Waals surface area contributed by atoms with Crippen LogP contribution in [0, 0.1) is 13.8 Å². The van der Waals surface area contributed by atoms with Gasteiger partial charge in [-0.25, -0.2) is 0 Å². The van der Waals surface area contributed by atoms with Gasteiger partial charge >= 0.3 is 0 Å². The van der Waals surface area contributed by atoms with Crippen molar-refractivity contribution in [1.29, 1.82) is 0 Å². The summed E-state index contributed by atoms with van der Waals surface area (Å²) < 4.78 is 5.57. The maximum absolute atomic E-state index is 12.2. The van der Waals surface area contributed by atoms with Crippen molar-refractivity contribution in [2.45, 2.75) is 33.6 Å². The second-order valence-corrected chi connectivity index (χ2v) is 6.20. The maximum atomic E-state index is 12.2. The molecule has 5 heteroatoms. The first-order valence-corrected chi connectivity index (χ1v) is 8.88. The maximum Gasteiger partial charge on any atom is 0.251 e. The molecule has 0 radical (unpaired) electrons. The molecule has 0 saturated carbocycles. The molecule has 0 fully saturated rings. The molecule has 0 aliphatic carbocycles. The van der Waals surface area contributed by atoms with Gasteiger partial charge in [-0.1, -0.05) is 25.5 Å². The molecule has 0 atom stereocenters. The van der Waals surface area contributed by atoms with Crippen molar-refractivity contribution in [2.75, 3.05) is 18.5 Å². The summed E-state index contributed by atoms with van der Waals surface area (Å²) in [5, 5.41) is 5.46. The highest BCUT2D eigenvalue weighted by molar-refractivity contribution is 5.99. The van der Waals surface area contributed by atoms with Gasteiger partial charge in [-0.15, -0.1) is 0 Å². The Morgan fingerprint density at radius 2 is 1.77 bits per heavy atom. The van der Waals surface area contributed by atoms with E-state index in [0.29, 0.717) is 12.2 Å². The van der Waals surface area contributed by atoms with Crippen molar-refractivity contribution < 1.29 is 14.3 Å². The van der Waals surface area contributed by atoms with Crippen LogP contribution in [0.5, 0.6) is 5.75 Å². The minimum atomic E-state index is -0.291. The van der Waals surface area contributed by atoms with Crippen LogP contribution in [0.1, 0.15) is 41.3 Å². The first kappa shape index (κ1) is 19.5. The Morgan fingerprint density at radius 3 is 2.46 bits per heavy atom. The van der Waals surface area contributed by atoms with Crippen molar-refractivity contribution in [3.63, 3.8) is 0 Å². The van der Waals surface area contributed by atoms with Crippen LogP contribution in [0.4, 0.5) is 5.69 Å². The highest BCUT2D eigenvalue weighted by Crippen LogP contribution is 2.17. The Hall–Kier alpha value is -2.82. The molecule has 0 bridgehead atoms. The number of rotatable bonds is 8. The molecule has 2 N–H and O–H groups in total. The van der Waals surface area contributed by atoms with E-state index in [0.717, 1.165) is 35.4 Å². The number of nitrogens with one attached hydrogen (secondary N) is 2. The SMILES string of the molecule is CCCCOc1ccc(C(=O)NCC(=O)Nc2cccc(C)c2C)cc1. The molecule has 2 amide bonds. The van der Waals surface area contributed by atoms with Gasteiger partial charge in [0, 0.05) is 11.3 Å². The number of anilines is 1. The molecule has 138 valence electrons. The molecule has 0 heterocycles. The smallest absolute Gasteiger partial charge is 0.251 e. The second kappa shape index (κ2) is 9.61. The zero-order valence-electron chi connectivity index (χ0n) is 15.6. The Kier molecular flexibility index (Phi) is 7.21. The number of benzene rings is 2. The van der Waals surface area contributed by atoms with E-state index in [1.54, 1.807) is 24.3 Å². The average molecular weight is 354 g/mol. The van der Waals surface area contributed by atoms with Crippen LogP contribution >= 0.6 is 0 Å². The van der Waals surface area contributed by atoms with Crippen molar-refractivity contribution in [2.24, 2.45) is 0 Å². The topological polar surface area (TPSA) is 67.4 Å². The quantitative estimate of drug-likeness (QED) is 0.708. The fourth-order valence-electron chi connectivity index (χ4n) is 2.38. The molecule has 26 heavy (non-hydrogen) atoms. The van der Waals surface area contributed by atoms with E-state index in [4.69, 9.17) is 4.74 Å². The summed E-state index contributed by atoms with van der Waals surface area (Å²) in [4.78, 5) is 24.2. The summed E-state index contributed by atoms with van der Waals surface area (Å²) in [6, 6.07) is 12.6. The minimum absolute atomic E-state index is 0.0824. The van der Waals surface area contributed by atoms with E-state index in [1.807, 2.05) is 32.0 Å². The van der Waals surface area contributed by atoms with Crippen LogP contribution in [0.15, 0.2) is 42.5 Å². The molecule has 0 unspecified atom stereocenters. The van der Waals surface area contributed by atoms with Crippen molar-refractivity contribution in [3.8, 4) is 5.75 Å². The highest BCUT2D eigenvalue weighted by atomic mass is 16.5. The summed E-state index contributed by atoms with van der Waals surface area (Å²) in [6.07, 6.45) is 2.07. The molecule has 2 rings (SSSR count). The number of unbranched alkanes of at least 4 members (excludes halogenated alkanes) is 1. The number of carbonyl (C=O) groups excluding carboxylic acids is 2. The molecule has 5 nitrogen and oxygen atoms in total. The first-order chi connectivity index (χ1) is 12.5. The third-order valence-electron chi connectivity index (χ3n) is 4.17. The summed E-state index contributed by atoms with van der Waals surface area (Å²) in [5.74, 6) is 0.190. The molecular formula is C21H26N2O3. The molecule has 2 aromatic carbocycles. The lowest BCUT2D eigenvalue weighted by Gasteiger charge is -2.11. The number of hydrogen-bond donors (Lipinski definition) is 2. The van der Waals surface area contributed by atoms with Gasteiger partial charge in [-0.3, -0.25) is 9.59 Å². The van der Waals surface area contributed by atoms with E-state index in [2.05, 4.69) is 17.6 Å². The van der Waals surface area contributed by atoms with Crippen molar-refractivity contribution in [3.05, 3.63) is 59.2 Å². The van der Waals surface area contributed by atoms with Crippen LogP contribution in [-0.2, 0) is 4.79 Å². The van der Waals surface area contributed by atoms with Gasteiger partial charge in [0.15, 0.2) is 0 Å². The van der Waals surface area contributed by atoms with Crippen LogP contribution in [0.3, 0.4) is 0 Å². The molecule has 0 aliphatic heterocycles. The predicted molar refractivity (Wildman–Crippen MR) is 104 cm³/mol. The fraction of sp³-hybridized carbons (Fsp3) is 0.333. The van der Waals surface area contributed by atoms with Crippen molar-refractivity contribution >= 4 is 17.5 Å². The summed E-state index contributed by atoms with van der Waals surface area (Å²) >= 11 is 0. The van der Waals surface area contributed by atoms with Gasteiger partial charge in [0.05, 0.1) is 13.2 Å². The lowest BCUT2D eigenvalue weighted by Crippen LogP contribution is -2.33. The second-order valence-electron chi connectivity index (χ2n) is 6.20. The largest absolute Gasteiger partial charge is 0.494 e. The van der Waals surface area contributed by atoms with E-state index in [1.165, 1.54) is 0 Å². The van der Waals surface area contributed by atoms with E-state index in [-0.39, 0.29) is 18.4 Å². The monoisotopic (exact) mass is 354 g/mol. The molecule has 0 aromatic heterocycles. The Labute approximate surface area is 154 Å². The molecule has 2 aromatic rings. The zero-order valence-corrected chi connectivity index (χ0v) is 15.6. The third-order valence-corrected chi connectivity index (χ3v) is 4.17. The van der Waals surface area contributed by atoms with E-state index in [9.17, 15) is 9.59 Å². The van der Waals surface area contributed by atoms with Gasteiger partial charge in [0.25, 0.3) is 5.91 Å². The molecule has 0 saturated heterocycles. The third kappa shape index (κ3) is 5.62. The molecule has 0 spiro atoms. The fourth-order valence-corrected chi connectivity index (χ4v) is 2.38. The first-order valence-electron chi connectivity index (χ1n) is 8.88.